The number of alkyl halides is 1. The first-order valence-corrected chi connectivity index (χ1v) is 8.66. The van der Waals surface area contributed by atoms with Crippen LogP contribution in [0, 0.1) is 5.92 Å². The molecule has 3 rings (SSSR count). The lowest BCUT2D eigenvalue weighted by atomic mass is 9.97. The molecule has 1 unspecified atom stereocenters. The van der Waals surface area contributed by atoms with E-state index in [4.69, 9.17) is 0 Å². The fraction of sp³-hybridized carbons (Fsp3) is 0.429. The Morgan fingerprint density at radius 2 is 2.00 bits per heavy atom. The van der Waals surface area contributed by atoms with Crippen LogP contribution in [0.2, 0.25) is 0 Å². The van der Waals surface area contributed by atoms with E-state index in [0.29, 0.717) is 4.83 Å². The van der Waals surface area contributed by atoms with Crippen molar-refractivity contribution in [1.29, 1.82) is 0 Å². The Morgan fingerprint density at radius 3 is 2.76 bits per heavy atom. The fourth-order valence-electron chi connectivity index (χ4n) is 2.76. The molecule has 0 saturated heterocycles. The van der Waals surface area contributed by atoms with Crippen molar-refractivity contribution >= 4 is 53.3 Å². The van der Waals surface area contributed by atoms with Crippen LogP contribution >= 0.6 is 43.2 Å². The maximum absolute atomic E-state index is 3.93. The number of benzene rings is 1. The minimum atomic E-state index is 0.535. The molecule has 0 spiro atoms. The third-order valence-electron chi connectivity index (χ3n) is 3.69. The largest absolute Gasteiger partial charge is 0.142 e. The standard InChI is InChI=1S/C14H14Br2S/c15-12-7-3-6-10-11(8-17-14(10)12)13(16)9-4-1-2-5-9/h3,6-9,13H,1-2,4-5H2. The number of halogens is 2. The molecule has 0 radical (unpaired) electrons. The quantitative estimate of drug-likeness (QED) is 0.542. The van der Waals surface area contributed by atoms with Crippen molar-refractivity contribution in [3.63, 3.8) is 0 Å². The molecule has 0 amide bonds. The van der Waals surface area contributed by atoms with Gasteiger partial charge in [-0.2, -0.15) is 0 Å². The lowest BCUT2D eigenvalue weighted by Gasteiger charge is -2.16. The predicted octanol–water partition coefficient (Wildman–Crippen LogP) is 6.29. The first-order chi connectivity index (χ1) is 8.27. The van der Waals surface area contributed by atoms with Crippen molar-refractivity contribution in [1.82, 2.24) is 0 Å². The van der Waals surface area contributed by atoms with Crippen LogP contribution in [-0.2, 0) is 0 Å². The summed E-state index contributed by atoms with van der Waals surface area (Å²) in [5, 5.41) is 3.74. The molecule has 3 heteroatoms. The van der Waals surface area contributed by atoms with E-state index < -0.39 is 0 Å². The van der Waals surface area contributed by atoms with E-state index in [-0.39, 0.29) is 0 Å². The van der Waals surface area contributed by atoms with Crippen LogP contribution in [0.5, 0.6) is 0 Å². The SMILES string of the molecule is Brc1cccc2c(C(Br)C3CCCC3)csc12. The van der Waals surface area contributed by atoms with Crippen LogP contribution in [0.3, 0.4) is 0 Å². The second-order valence-corrected chi connectivity index (χ2v) is 7.47. The molecule has 0 bridgehead atoms. The molecular formula is C14H14Br2S. The van der Waals surface area contributed by atoms with E-state index >= 15 is 0 Å². The van der Waals surface area contributed by atoms with Crippen molar-refractivity contribution < 1.29 is 0 Å². The molecule has 1 aliphatic rings. The topological polar surface area (TPSA) is 0 Å². The first kappa shape index (κ1) is 12.2. The Kier molecular flexibility index (Phi) is 3.60. The zero-order valence-electron chi connectivity index (χ0n) is 9.46. The van der Waals surface area contributed by atoms with E-state index in [0.717, 1.165) is 5.92 Å². The summed E-state index contributed by atoms with van der Waals surface area (Å²) < 4.78 is 2.60. The van der Waals surface area contributed by atoms with E-state index in [1.165, 1.54) is 45.8 Å². The maximum Gasteiger partial charge on any atom is 0.0488 e. The lowest BCUT2D eigenvalue weighted by Crippen LogP contribution is -2.01. The molecule has 1 aliphatic carbocycles. The van der Waals surface area contributed by atoms with Crippen molar-refractivity contribution in [3.8, 4) is 0 Å². The molecule has 0 aliphatic heterocycles. The smallest absolute Gasteiger partial charge is 0.0488 e. The van der Waals surface area contributed by atoms with Crippen molar-refractivity contribution in [2.24, 2.45) is 5.92 Å². The molecule has 1 heterocycles. The Morgan fingerprint density at radius 1 is 1.24 bits per heavy atom. The van der Waals surface area contributed by atoms with Gasteiger partial charge < -0.3 is 0 Å². The summed E-state index contributed by atoms with van der Waals surface area (Å²) in [5.41, 5.74) is 1.48. The number of fused-ring (bicyclic) bond motifs is 1. The number of rotatable bonds is 2. The highest BCUT2D eigenvalue weighted by Crippen LogP contribution is 2.45. The summed E-state index contributed by atoms with van der Waals surface area (Å²) in [6.45, 7) is 0. The highest BCUT2D eigenvalue weighted by Gasteiger charge is 2.26. The van der Waals surface area contributed by atoms with Crippen LogP contribution in [-0.4, -0.2) is 0 Å². The number of hydrogen-bond donors (Lipinski definition) is 0. The highest BCUT2D eigenvalue weighted by molar-refractivity contribution is 9.10. The average Bonchev–Trinajstić information content (AvgIpc) is 2.98. The molecule has 0 nitrogen and oxygen atoms in total. The van der Waals surface area contributed by atoms with Gasteiger partial charge >= 0.3 is 0 Å². The Labute approximate surface area is 123 Å². The van der Waals surface area contributed by atoms with Gasteiger partial charge in [-0.1, -0.05) is 40.9 Å². The van der Waals surface area contributed by atoms with E-state index in [1.54, 1.807) is 0 Å². The Balaban J connectivity index is 2.02. The Bertz CT molecular complexity index is 526. The molecule has 1 fully saturated rings. The highest BCUT2D eigenvalue weighted by atomic mass is 79.9. The van der Waals surface area contributed by atoms with Gasteiger partial charge in [-0.25, -0.2) is 0 Å². The summed E-state index contributed by atoms with van der Waals surface area (Å²) in [4.78, 5) is 0.535. The zero-order chi connectivity index (χ0) is 11.8. The van der Waals surface area contributed by atoms with Gasteiger partial charge in [0.2, 0.25) is 0 Å². The van der Waals surface area contributed by atoms with Crippen molar-refractivity contribution in [3.05, 3.63) is 33.6 Å². The molecule has 1 saturated carbocycles. The number of thiophene rings is 1. The zero-order valence-corrected chi connectivity index (χ0v) is 13.4. The molecule has 1 aromatic heterocycles. The van der Waals surface area contributed by atoms with Crippen LogP contribution in [0.15, 0.2) is 28.1 Å². The van der Waals surface area contributed by atoms with Gasteiger partial charge in [-0.05, 0) is 57.1 Å². The fourth-order valence-corrected chi connectivity index (χ4v) is 5.50. The van der Waals surface area contributed by atoms with Crippen molar-refractivity contribution in [2.75, 3.05) is 0 Å². The molecule has 1 aromatic carbocycles. The predicted molar refractivity (Wildman–Crippen MR) is 83.2 cm³/mol. The molecular weight excluding hydrogens is 360 g/mol. The summed E-state index contributed by atoms with van der Waals surface area (Å²) >= 11 is 9.42. The van der Waals surface area contributed by atoms with Gasteiger partial charge in [0.1, 0.15) is 0 Å². The summed E-state index contributed by atoms with van der Waals surface area (Å²) in [6, 6.07) is 6.51. The maximum atomic E-state index is 3.93. The molecule has 1 atom stereocenters. The van der Waals surface area contributed by atoms with E-state index in [9.17, 15) is 0 Å². The average molecular weight is 374 g/mol. The van der Waals surface area contributed by atoms with Gasteiger partial charge in [0.05, 0.1) is 0 Å². The lowest BCUT2D eigenvalue weighted by molar-refractivity contribution is 0.544. The molecule has 90 valence electrons. The second-order valence-electron chi connectivity index (χ2n) is 4.75. The van der Waals surface area contributed by atoms with Gasteiger partial charge in [0.15, 0.2) is 0 Å². The van der Waals surface area contributed by atoms with Crippen LogP contribution in [0.1, 0.15) is 36.1 Å². The minimum Gasteiger partial charge on any atom is -0.142 e. The van der Waals surface area contributed by atoms with Crippen LogP contribution in [0.4, 0.5) is 0 Å². The normalized spacial score (nSPS) is 18.9. The molecule has 17 heavy (non-hydrogen) atoms. The molecule has 0 N–H and O–H groups in total. The summed E-state index contributed by atoms with van der Waals surface area (Å²) in [7, 11) is 0. The van der Waals surface area contributed by atoms with Crippen LogP contribution in [0.25, 0.3) is 10.1 Å². The Hall–Kier alpha value is 0.140. The van der Waals surface area contributed by atoms with Crippen molar-refractivity contribution in [2.45, 2.75) is 30.5 Å². The van der Waals surface area contributed by atoms with Gasteiger partial charge in [0, 0.05) is 14.0 Å². The van der Waals surface area contributed by atoms with Crippen LogP contribution < -0.4 is 0 Å². The van der Waals surface area contributed by atoms with Gasteiger partial charge in [0.25, 0.3) is 0 Å². The monoisotopic (exact) mass is 372 g/mol. The first-order valence-electron chi connectivity index (χ1n) is 6.07. The van der Waals surface area contributed by atoms with E-state index in [1.807, 2.05) is 11.3 Å². The molecule has 2 aromatic rings. The summed E-state index contributed by atoms with van der Waals surface area (Å²) in [5.74, 6) is 0.826. The van der Waals surface area contributed by atoms with Gasteiger partial charge in [-0.3, -0.25) is 0 Å². The number of hydrogen-bond acceptors (Lipinski definition) is 1. The second kappa shape index (κ2) is 5.02. The minimum absolute atomic E-state index is 0.535. The third-order valence-corrected chi connectivity index (χ3v) is 6.90. The van der Waals surface area contributed by atoms with E-state index in [2.05, 4.69) is 55.4 Å². The summed E-state index contributed by atoms with van der Waals surface area (Å²) in [6.07, 6.45) is 5.56. The van der Waals surface area contributed by atoms with Gasteiger partial charge in [-0.15, -0.1) is 11.3 Å². The third kappa shape index (κ3) is 2.22.